The monoisotopic (exact) mass is 353 g/mol. The molecule has 0 saturated heterocycles. The Bertz CT molecular complexity index is 451. The molecule has 0 aliphatic carbocycles. The number of carbonyl (C=O) groups excluding carboxylic acids is 1. The van der Waals surface area contributed by atoms with E-state index in [4.69, 9.17) is 4.74 Å². The normalized spacial score (nSPS) is 13.1. The number of amides is 1. The van der Waals surface area contributed by atoms with Gasteiger partial charge >= 0.3 is 6.18 Å². The zero-order valence-corrected chi connectivity index (χ0v) is 12.4. The molecule has 1 amide bonds. The molecule has 1 aromatic rings. The number of benzene rings is 1. The summed E-state index contributed by atoms with van der Waals surface area (Å²) in [5.74, 6) is -0.520. The topological polar surface area (TPSA) is 38.3 Å². The minimum Gasteiger partial charge on any atom is -0.384 e. The zero-order chi connectivity index (χ0) is 15.2. The standard InChI is InChI=1S/C13H15BrF3NO2/c1-20-8-11(14)5-6-18-12(19)9-3-2-4-10(7-9)13(15,16)17/h2-4,7,11H,5-6,8H2,1H3,(H,18,19). The van der Waals surface area contributed by atoms with Gasteiger partial charge in [-0.1, -0.05) is 22.0 Å². The van der Waals surface area contributed by atoms with Gasteiger partial charge in [0.15, 0.2) is 0 Å². The van der Waals surface area contributed by atoms with Crippen molar-refractivity contribution >= 4 is 21.8 Å². The number of hydrogen-bond acceptors (Lipinski definition) is 2. The van der Waals surface area contributed by atoms with Crippen LogP contribution in [0.4, 0.5) is 13.2 Å². The van der Waals surface area contributed by atoms with Gasteiger partial charge in [-0.2, -0.15) is 13.2 Å². The third-order valence-electron chi connectivity index (χ3n) is 2.54. The molecule has 0 radical (unpaired) electrons. The first kappa shape index (κ1) is 17.0. The molecule has 0 aromatic heterocycles. The Morgan fingerprint density at radius 1 is 1.45 bits per heavy atom. The summed E-state index contributed by atoms with van der Waals surface area (Å²) in [6.07, 6.45) is -3.83. The van der Waals surface area contributed by atoms with Gasteiger partial charge in [-0.15, -0.1) is 0 Å². The number of methoxy groups -OCH3 is 1. The first-order valence-electron chi connectivity index (χ1n) is 5.93. The van der Waals surface area contributed by atoms with E-state index in [1.165, 1.54) is 12.1 Å². The Labute approximate surface area is 123 Å². The van der Waals surface area contributed by atoms with Gasteiger partial charge in [0.25, 0.3) is 5.91 Å². The van der Waals surface area contributed by atoms with Crippen molar-refractivity contribution in [3.05, 3.63) is 35.4 Å². The summed E-state index contributed by atoms with van der Waals surface area (Å²) in [7, 11) is 1.56. The van der Waals surface area contributed by atoms with Crippen molar-refractivity contribution in [2.45, 2.75) is 17.4 Å². The van der Waals surface area contributed by atoms with Crippen LogP contribution in [0.3, 0.4) is 0 Å². The molecule has 1 atom stereocenters. The highest BCUT2D eigenvalue weighted by Crippen LogP contribution is 2.29. The van der Waals surface area contributed by atoms with Crippen LogP contribution < -0.4 is 5.32 Å². The van der Waals surface area contributed by atoms with E-state index in [2.05, 4.69) is 21.2 Å². The van der Waals surface area contributed by atoms with Crippen molar-refractivity contribution in [3.63, 3.8) is 0 Å². The summed E-state index contributed by atoms with van der Waals surface area (Å²) in [6.45, 7) is 0.855. The van der Waals surface area contributed by atoms with Gasteiger partial charge in [0.2, 0.25) is 0 Å². The Balaban J connectivity index is 2.56. The summed E-state index contributed by atoms with van der Waals surface area (Å²) in [4.78, 5) is 11.8. The smallest absolute Gasteiger partial charge is 0.384 e. The average Bonchev–Trinajstić information content (AvgIpc) is 2.38. The lowest BCUT2D eigenvalue weighted by molar-refractivity contribution is -0.137. The molecule has 0 aliphatic heterocycles. The fraction of sp³-hybridized carbons (Fsp3) is 0.462. The van der Waals surface area contributed by atoms with Crippen LogP contribution in [0.2, 0.25) is 0 Å². The first-order valence-corrected chi connectivity index (χ1v) is 6.84. The summed E-state index contributed by atoms with van der Waals surface area (Å²) >= 11 is 3.36. The van der Waals surface area contributed by atoms with E-state index in [-0.39, 0.29) is 10.4 Å². The van der Waals surface area contributed by atoms with Gasteiger partial charge in [-0.3, -0.25) is 4.79 Å². The lowest BCUT2D eigenvalue weighted by Crippen LogP contribution is -2.27. The van der Waals surface area contributed by atoms with Gasteiger partial charge in [0, 0.05) is 24.0 Å². The van der Waals surface area contributed by atoms with E-state index in [9.17, 15) is 18.0 Å². The number of hydrogen-bond donors (Lipinski definition) is 1. The Morgan fingerprint density at radius 2 is 2.15 bits per heavy atom. The van der Waals surface area contributed by atoms with E-state index in [0.717, 1.165) is 12.1 Å². The second-order valence-electron chi connectivity index (χ2n) is 4.18. The second-order valence-corrected chi connectivity index (χ2v) is 5.47. The van der Waals surface area contributed by atoms with E-state index < -0.39 is 17.6 Å². The van der Waals surface area contributed by atoms with Crippen LogP contribution in [0.1, 0.15) is 22.3 Å². The molecule has 1 N–H and O–H groups in total. The van der Waals surface area contributed by atoms with E-state index in [0.29, 0.717) is 19.6 Å². The number of nitrogens with one attached hydrogen (secondary N) is 1. The molecular weight excluding hydrogens is 339 g/mol. The molecule has 0 aliphatic rings. The highest BCUT2D eigenvalue weighted by atomic mass is 79.9. The van der Waals surface area contributed by atoms with Crippen LogP contribution in [0.25, 0.3) is 0 Å². The summed E-state index contributed by atoms with van der Waals surface area (Å²) in [5, 5.41) is 2.58. The second kappa shape index (κ2) is 7.64. The fourth-order valence-corrected chi connectivity index (χ4v) is 2.04. The molecular formula is C13H15BrF3NO2. The highest BCUT2D eigenvalue weighted by Gasteiger charge is 2.30. The zero-order valence-electron chi connectivity index (χ0n) is 10.8. The number of rotatable bonds is 6. The van der Waals surface area contributed by atoms with Crippen molar-refractivity contribution in [2.24, 2.45) is 0 Å². The van der Waals surface area contributed by atoms with Gasteiger partial charge in [0.05, 0.1) is 12.2 Å². The Kier molecular flexibility index (Phi) is 6.48. The van der Waals surface area contributed by atoms with Crippen LogP contribution in [-0.4, -0.2) is 31.0 Å². The molecule has 0 heterocycles. The lowest BCUT2D eigenvalue weighted by Gasteiger charge is -2.11. The van der Waals surface area contributed by atoms with Gasteiger partial charge in [-0.25, -0.2) is 0 Å². The maximum atomic E-state index is 12.5. The summed E-state index contributed by atoms with van der Waals surface area (Å²) in [6, 6.07) is 4.35. The molecule has 0 bridgehead atoms. The van der Waals surface area contributed by atoms with Crippen LogP contribution in [0.5, 0.6) is 0 Å². The lowest BCUT2D eigenvalue weighted by atomic mass is 10.1. The van der Waals surface area contributed by atoms with Crippen molar-refractivity contribution in [1.29, 1.82) is 0 Å². The molecule has 1 unspecified atom stereocenters. The SMILES string of the molecule is COCC(Br)CCNC(=O)c1cccc(C(F)(F)F)c1. The number of halogens is 4. The predicted octanol–water partition coefficient (Wildman–Crippen LogP) is 3.24. The van der Waals surface area contributed by atoms with Crippen LogP contribution in [-0.2, 0) is 10.9 Å². The van der Waals surface area contributed by atoms with Crippen molar-refractivity contribution in [1.82, 2.24) is 5.32 Å². The number of alkyl halides is 4. The van der Waals surface area contributed by atoms with Crippen molar-refractivity contribution < 1.29 is 22.7 Å². The van der Waals surface area contributed by atoms with E-state index in [1.807, 2.05) is 0 Å². The minimum absolute atomic E-state index is 0.00214. The van der Waals surface area contributed by atoms with E-state index >= 15 is 0 Å². The van der Waals surface area contributed by atoms with Crippen LogP contribution >= 0.6 is 15.9 Å². The van der Waals surface area contributed by atoms with Gasteiger partial charge < -0.3 is 10.1 Å². The van der Waals surface area contributed by atoms with Crippen LogP contribution in [0, 0.1) is 0 Å². The predicted molar refractivity (Wildman–Crippen MR) is 73.0 cm³/mol. The molecule has 3 nitrogen and oxygen atoms in total. The maximum absolute atomic E-state index is 12.5. The average molecular weight is 354 g/mol. The van der Waals surface area contributed by atoms with Gasteiger partial charge in [0.1, 0.15) is 0 Å². The first-order chi connectivity index (χ1) is 9.34. The number of carbonyl (C=O) groups is 1. The Hall–Kier alpha value is -1.08. The summed E-state index contributed by atoms with van der Waals surface area (Å²) in [5.41, 5.74) is -0.833. The largest absolute Gasteiger partial charge is 0.416 e. The molecule has 0 fully saturated rings. The molecule has 1 rings (SSSR count). The van der Waals surface area contributed by atoms with Crippen LogP contribution in [0.15, 0.2) is 24.3 Å². The molecule has 0 saturated carbocycles. The van der Waals surface area contributed by atoms with Gasteiger partial charge in [-0.05, 0) is 24.6 Å². The van der Waals surface area contributed by atoms with Crippen molar-refractivity contribution in [3.8, 4) is 0 Å². The highest BCUT2D eigenvalue weighted by molar-refractivity contribution is 9.09. The molecule has 7 heteroatoms. The fourth-order valence-electron chi connectivity index (χ4n) is 1.55. The maximum Gasteiger partial charge on any atom is 0.416 e. The molecule has 112 valence electrons. The summed E-state index contributed by atoms with van der Waals surface area (Å²) < 4.78 is 42.5. The number of ether oxygens (including phenoxy) is 1. The molecule has 1 aromatic carbocycles. The minimum atomic E-state index is -4.45. The quantitative estimate of drug-likeness (QED) is 0.797. The third-order valence-corrected chi connectivity index (χ3v) is 3.26. The molecule has 20 heavy (non-hydrogen) atoms. The molecule has 0 spiro atoms. The van der Waals surface area contributed by atoms with Crippen molar-refractivity contribution in [2.75, 3.05) is 20.3 Å². The van der Waals surface area contributed by atoms with E-state index in [1.54, 1.807) is 7.11 Å². The third kappa shape index (κ3) is 5.50. The Morgan fingerprint density at radius 3 is 2.75 bits per heavy atom.